The Bertz CT molecular complexity index is 6690. The molecule has 0 saturated carbocycles. The van der Waals surface area contributed by atoms with Gasteiger partial charge in [-0.3, -0.25) is 0 Å². The summed E-state index contributed by atoms with van der Waals surface area (Å²) in [6, 6.07) is 131. The molecule has 4 heterocycles. The largest absolute Gasteiger partial charge is 0.457 e. The van der Waals surface area contributed by atoms with Crippen molar-refractivity contribution in [3.8, 4) is 135 Å². The first-order chi connectivity index (χ1) is 52.5. The van der Waals surface area contributed by atoms with E-state index < -0.39 is 10.8 Å². The summed E-state index contributed by atoms with van der Waals surface area (Å²) in [4.78, 5) is 21.9. The van der Waals surface area contributed by atoms with Crippen LogP contribution in [0.2, 0.25) is 0 Å². The summed E-state index contributed by atoms with van der Waals surface area (Å²) < 4.78 is 13.9. The van der Waals surface area contributed by atoms with Crippen LogP contribution in [0, 0.1) is 0 Å². The van der Waals surface area contributed by atoms with Gasteiger partial charge in [-0.2, -0.15) is 0 Å². The summed E-state index contributed by atoms with van der Waals surface area (Å²) in [5.41, 5.74) is 28.8. The van der Waals surface area contributed by atoms with Gasteiger partial charge in [0.2, 0.25) is 0 Å². The van der Waals surface area contributed by atoms with E-state index in [-0.39, 0.29) is 0 Å². The van der Waals surface area contributed by atoms with E-state index in [1.807, 2.05) is 0 Å². The zero-order chi connectivity index (χ0) is 69.6. The van der Waals surface area contributed by atoms with Gasteiger partial charge in [0.25, 0.3) is 0 Å². The Morgan fingerprint density at radius 3 is 1.20 bits per heavy atom. The van der Waals surface area contributed by atoms with E-state index in [2.05, 4.69) is 364 Å². The molecule has 6 heteroatoms. The Morgan fingerprint density at radius 1 is 0.189 bits per heavy atom. The standard InChI is InChI=1S/C100H60N4O2/c1-2-21-61(22-3-1)62-43-45-64(46-44-62)95-80-52-48-70(60-90(80)102-98(103-95)72-28-19-26-66(56-72)68-49-53-93-87(58-68)99(84-38-13-16-41-91(84)105-93)81-35-10-6-30-74(81)75-31-7-11-36-82(75)99)67-47-51-77-76-32-8-12-37-83(76)100(86(77)57-67)85-39-14-17-42-92(85)106-94-54-50-69(59-88(94)100)65-25-18-27-71(55-65)97-101-89-40-15-9-33-79(89)96(104-97)78-34-20-24-63-23-4-5-29-73(63)78/h1-60H. The maximum atomic E-state index is 7.06. The van der Waals surface area contributed by atoms with Crippen LogP contribution in [0.25, 0.3) is 145 Å². The fourth-order valence-corrected chi connectivity index (χ4v) is 17.9. The van der Waals surface area contributed by atoms with Gasteiger partial charge in [-0.05, 0) is 173 Å². The van der Waals surface area contributed by atoms with Crippen LogP contribution in [0.5, 0.6) is 23.0 Å². The molecule has 0 amide bonds. The van der Waals surface area contributed by atoms with E-state index in [0.717, 1.165) is 151 Å². The van der Waals surface area contributed by atoms with Gasteiger partial charge in [-0.1, -0.05) is 291 Å². The zero-order valence-electron chi connectivity index (χ0n) is 57.2. The molecule has 16 aromatic carbocycles. The molecule has 0 radical (unpaired) electrons. The molecule has 492 valence electrons. The Kier molecular flexibility index (Phi) is 13.1. The van der Waals surface area contributed by atoms with Crippen molar-refractivity contribution in [2.24, 2.45) is 0 Å². The average molecular weight is 1350 g/mol. The Hall–Kier alpha value is -13.9. The Morgan fingerprint density at radius 2 is 0.566 bits per heavy atom. The number of nitrogens with zero attached hydrogens (tertiary/aromatic N) is 4. The minimum atomic E-state index is -0.771. The third-order valence-electron chi connectivity index (χ3n) is 22.6. The third-order valence-corrected chi connectivity index (χ3v) is 22.6. The quantitative estimate of drug-likeness (QED) is 0.151. The topological polar surface area (TPSA) is 70.0 Å². The Labute approximate surface area is 612 Å². The molecule has 0 saturated heterocycles. The molecule has 0 N–H and O–H groups in total. The van der Waals surface area contributed by atoms with Crippen LogP contribution >= 0.6 is 0 Å². The minimum absolute atomic E-state index is 0.600. The lowest BCUT2D eigenvalue weighted by Gasteiger charge is -2.39. The number of fused-ring (bicyclic) bond motifs is 21. The lowest BCUT2D eigenvalue weighted by Crippen LogP contribution is -2.32. The van der Waals surface area contributed by atoms with Crippen molar-refractivity contribution >= 4 is 32.6 Å². The van der Waals surface area contributed by atoms with Gasteiger partial charge in [0.05, 0.1) is 33.3 Å². The van der Waals surface area contributed by atoms with E-state index >= 15 is 0 Å². The number of hydrogen-bond acceptors (Lipinski definition) is 6. The molecule has 22 rings (SSSR count). The fraction of sp³-hybridized carbons (Fsp3) is 0.0200. The van der Waals surface area contributed by atoms with Crippen molar-refractivity contribution in [2.45, 2.75) is 10.8 Å². The van der Waals surface area contributed by atoms with E-state index in [1.165, 1.54) is 49.9 Å². The van der Waals surface area contributed by atoms with Crippen molar-refractivity contribution in [1.82, 2.24) is 19.9 Å². The molecule has 6 nitrogen and oxygen atoms in total. The molecule has 4 aliphatic rings. The molecule has 106 heavy (non-hydrogen) atoms. The average Bonchev–Trinajstić information content (AvgIpc) is 1.50. The van der Waals surface area contributed by atoms with Crippen LogP contribution in [-0.2, 0) is 10.8 Å². The van der Waals surface area contributed by atoms with Crippen molar-refractivity contribution in [1.29, 1.82) is 0 Å². The summed E-state index contributed by atoms with van der Waals surface area (Å²) in [6.07, 6.45) is 0. The predicted octanol–water partition coefficient (Wildman–Crippen LogP) is 25.0. The van der Waals surface area contributed by atoms with Crippen LogP contribution in [0.1, 0.15) is 44.5 Å². The molecule has 18 aromatic rings. The van der Waals surface area contributed by atoms with Gasteiger partial charge in [0.15, 0.2) is 11.6 Å². The van der Waals surface area contributed by atoms with Crippen molar-refractivity contribution < 1.29 is 9.47 Å². The van der Waals surface area contributed by atoms with Crippen LogP contribution in [0.15, 0.2) is 364 Å². The second-order valence-corrected chi connectivity index (χ2v) is 28.2. The van der Waals surface area contributed by atoms with Crippen LogP contribution < -0.4 is 9.47 Å². The zero-order valence-corrected chi connectivity index (χ0v) is 57.2. The highest BCUT2D eigenvalue weighted by Crippen LogP contribution is 2.65. The van der Waals surface area contributed by atoms with E-state index in [4.69, 9.17) is 29.4 Å². The maximum Gasteiger partial charge on any atom is 0.160 e. The molecule has 0 fully saturated rings. The number of para-hydroxylation sites is 3. The van der Waals surface area contributed by atoms with Gasteiger partial charge in [-0.25, -0.2) is 19.9 Å². The van der Waals surface area contributed by atoms with Crippen LogP contribution in [-0.4, -0.2) is 19.9 Å². The molecule has 2 aliphatic heterocycles. The van der Waals surface area contributed by atoms with Gasteiger partial charge in [0.1, 0.15) is 23.0 Å². The fourth-order valence-electron chi connectivity index (χ4n) is 17.9. The second-order valence-electron chi connectivity index (χ2n) is 28.2. The number of aromatic nitrogens is 4. The van der Waals surface area contributed by atoms with Gasteiger partial charge in [0, 0.05) is 55.3 Å². The number of hydrogen-bond donors (Lipinski definition) is 0. The number of rotatable bonds is 8. The molecule has 2 aliphatic carbocycles. The Balaban J connectivity index is 0.681. The smallest absolute Gasteiger partial charge is 0.160 e. The molecule has 1 atom stereocenters. The predicted molar refractivity (Wildman–Crippen MR) is 428 cm³/mol. The highest BCUT2D eigenvalue weighted by Gasteiger charge is 2.53. The van der Waals surface area contributed by atoms with E-state index in [1.54, 1.807) is 0 Å². The molecule has 2 aromatic heterocycles. The molecule has 1 unspecified atom stereocenters. The minimum Gasteiger partial charge on any atom is -0.457 e. The summed E-state index contributed by atoms with van der Waals surface area (Å²) in [5, 5.41) is 4.29. The summed E-state index contributed by atoms with van der Waals surface area (Å²) >= 11 is 0. The first-order valence-electron chi connectivity index (χ1n) is 36.2. The maximum absolute atomic E-state index is 7.06. The summed E-state index contributed by atoms with van der Waals surface area (Å²) in [7, 11) is 0. The summed E-state index contributed by atoms with van der Waals surface area (Å²) in [6.45, 7) is 0. The summed E-state index contributed by atoms with van der Waals surface area (Å²) in [5.74, 6) is 4.66. The first-order valence-corrected chi connectivity index (χ1v) is 36.2. The highest BCUT2D eigenvalue weighted by atomic mass is 16.5. The van der Waals surface area contributed by atoms with Crippen molar-refractivity contribution in [2.75, 3.05) is 0 Å². The molecular weight excluding hydrogens is 1290 g/mol. The van der Waals surface area contributed by atoms with Gasteiger partial charge >= 0.3 is 0 Å². The number of benzene rings is 16. The monoisotopic (exact) mass is 1350 g/mol. The van der Waals surface area contributed by atoms with E-state index in [0.29, 0.717) is 11.6 Å². The number of ether oxygens (including phenoxy) is 2. The molecule has 2 spiro atoms. The lowest BCUT2D eigenvalue weighted by molar-refractivity contribution is 0.436. The SMILES string of the molecule is c1ccc(-c2ccc(-c3nc(-c4cccc(-c5ccc6c(c5)C5(c7ccccc7O6)c6ccccc6-c6ccccc65)c4)nc4cc(-c5ccc6c(c5)C5(c7ccccc7Oc7ccc(-c8cccc(-c9nc(-c%10cccc%11ccccc%10%11)c%10ccccc%10n9)c8)cc75)c5ccccc5-6)ccc34)cc2)cc1. The van der Waals surface area contributed by atoms with Crippen LogP contribution in [0.3, 0.4) is 0 Å². The van der Waals surface area contributed by atoms with Gasteiger partial charge < -0.3 is 9.47 Å². The van der Waals surface area contributed by atoms with Crippen molar-refractivity contribution in [3.05, 3.63) is 408 Å². The lowest BCUT2D eigenvalue weighted by atomic mass is 9.65. The first kappa shape index (κ1) is 59.7. The van der Waals surface area contributed by atoms with Crippen molar-refractivity contribution in [3.63, 3.8) is 0 Å². The third kappa shape index (κ3) is 8.92. The van der Waals surface area contributed by atoms with E-state index in [9.17, 15) is 0 Å². The highest BCUT2D eigenvalue weighted by molar-refractivity contribution is 6.04. The second kappa shape index (κ2) is 23.3. The van der Waals surface area contributed by atoms with Gasteiger partial charge in [-0.15, -0.1) is 0 Å². The molecule has 0 bridgehead atoms. The normalized spacial score (nSPS) is 14.3. The molecular formula is C100H60N4O2. The van der Waals surface area contributed by atoms with Crippen LogP contribution in [0.4, 0.5) is 0 Å².